The molecule has 8 heterocycles. The van der Waals surface area contributed by atoms with Crippen molar-refractivity contribution in [2.24, 2.45) is 40.0 Å². The first-order valence-electron chi connectivity index (χ1n) is 34.4. The quantitative estimate of drug-likeness (QED) is 0.170. The van der Waals surface area contributed by atoms with Crippen molar-refractivity contribution in [3.05, 3.63) is 187 Å². The Labute approximate surface area is 606 Å². The molecule has 16 nitrogen and oxygen atoms in total. The van der Waals surface area contributed by atoms with Gasteiger partial charge >= 0.3 is 11.9 Å². The maximum atomic E-state index is 12.9. The van der Waals surface area contributed by atoms with Crippen molar-refractivity contribution in [2.45, 2.75) is 133 Å². The van der Waals surface area contributed by atoms with Crippen molar-refractivity contribution >= 4 is 126 Å². The lowest BCUT2D eigenvalue weighted by atomic mass is 9.50. The molecular weight excluding hydrogens is 1370 g/mol. The Kier molecular flexibility index (Phi) is 16.8. The van der Waals surface area contributed by atoms with Gasteiger partial charge < -0.3 is 28.8 Å². The fourth-order valence-corrected chi connectivity index (χ4v) is 21.4. The number of ether oxygens (including phenoxy) is 2. The Morgan fingerprint density at radius 1 is 0.500 bits per heavy atom. The number of thioether (sulfide) groups is 4. The molecule has 0 amide bonds. The van der Waals surface area contributed by atoms with E-state index < -0.39 is 11.9 Å². The van der Waals surface area contributed by atoms with Crippen LogP contribution in [0.15, 0.2) is 119 Å². The molecule has 6 saturated carbocycles. The average molecular weight is 1450 g/mol. The third kappa shape index (κ3) is 11.1. The van der Waals surface area contributed by atoms with Crippen LogP contribution in [0.4, 0.5) is 0 Å². The van der Waals surface area contributed by atoms with Gasteiger partial charge in [0.2, 0.25) is 0 Å². The van der Waals surface area contributed by atoms with Crippen molar-refractivity contribution in [1.82, 2.24) is 48.3 Å². The molecule has 6 aromatic carbocycles. The van der Waals surface area contributed by atoms with Gasteiger partial charge in [0.25, 0.3) is 0 Å². The lowest BCUT2D eigenvalue weighted by molar-refractivity contribution is -0.0994. The summed E-state index contributed by atoms with van der Waals surface area (Å²) in [5.41, 5.74) is 16.5. The molecule has 2 aliphatic heterocycles. The Morgan fingerprint density at radius 2 is 0.910 bits per heavy atom. The number of fused-ring (bicyclic) bond motifs is 16. The minimum atomic E-state index is -0.946. The molecule has 20 rings (SSSR count). The van der Waals surface area contributed by atoms with Gasteiger partial charge in [0.1, 0.15) is 22.9 Å². The van der Waals surface area contributed by atoms with E-state index in [1.165, 1.54) is 49.9 Å². The summed E-state index contributed by atoms with van der Waals surface area (Å²) in [6.45, 7) is 5.05. The van der Waals surface area contributed by atoms with Gasteiger partial charge in [-0.1, -0.05) is 83.9 Å². The van der Waals surface area contributed by atoms with E-state index in [1.807, 2.05) is 107 Å². The molecule has 20 bridgehead atoms. The Hall–Kier alpha value is -7.72. The second kappa shape index (κ2) is 25.7. The Balaban J connectivity index is 0.000000150. The van der Waals surface area contributed by atoms with E-state index in [2.05, 4.69) is 96.0 Å². The number of aromatic carboxylic acids is 2. The minimum Gasteiger partial charge on any atom is -0.493 e. The molecule has 8 aliphatic rings. The number of aryl methyl sites for hydroxylation is 8. The fraction of sp³-hybridized carbons (Fsp3) is 0.359. The van der Waals surface area contributed by atoms with Gasteiger partial charge in [-0.25, -0.2) is 9.59 Å². The first kappa shape index (κ1) is 65.6. The number of halogens is 2. The zero-order chi connectivity index (χ0) is 68.6. The number of carboxylic acid groups (broad SMARTS) is 2. The van der Waals surface area contributed by atoms with Gasteiger partial charge in [0, 0.05) is 128 Å². The highest BCUT2D eigenvalue weighted by atomic mass is 35.5. The highest BCUT2D eigenvalue weighted by Crippen LogP contribution is 2.64. The van der Waals surface area contributed by atoms with Crippen LogP contribution >= 0.6 is 70.2 Å². The Bertz CT molecular complexity index is 5010. The maximum Gasteiger partial charge on any atom is 0.352 e. The number of rotatable bonds is 4. The van der Waals surface area contributed by atoms with Crippen molar-refractivity contribution in [3.8, 4) is 33.8 Å². The summed E-state index contributed by atoms with van der Waals surface area (Å²) in [5.74, 6) is 6.00. The van der Waals surface area contributed by atoms with Crippen LogP contribution in [0.25, 0.3) is 65.6 Å². The molecule has 0 radical (unpaired) electrons. The molecule has 0 unspecified atom stereocenters. The second-order valence-corrected chi connectivity index (χ2v) is 33.2. The normalized spacial score (nSPS) is 20.5. The number of benzene rings is 6. The Morgan fingerprint density at radius 3 is 1.30 bits per heavy atom. The zero-order valence-electron chi connectivity index (χ0n) is 56.7. The highest BCUT2D eigenvalue weighted by Gasteiger charge is 2.60. The van der Waals surface area contributed by atoms with Crippen LogP contribution in [0.3, 0.4) is 0 Å². The monoisotopic (exact) mass is 1450 g/mol. The van der Waals surface area contributed by atoms with Crippen LogP contribution in [0.1, 0.15) is 129 Å². The molecule has 2 N–H and O–H groups in total. The molecule has 0 spiro atoms. The standard InChI is InChI=1S/2C39H38ClN5O3S2/c2*1-22-34-32(45(41-22)39-16-23(17-39)18-39)21-49-19-25-14-26(44(3)42-25)20-50-27-13-24-7-4-5-8-28(24)33(15-27)48-12-6-9-29-30-10-11-31(40)35(34)36(30)43(2)37(29)38(46)47/h2*4-5,7-8,10-11,13-15,23H,6,9,12,16-21H2,1-3H3,(H,46,47). The molecular formula is C78H76Cl2N10O6S4. The van der Waals surface area contributed by atoms with Gasteiger partial charge in [-0.05, 0) is 160 Å². The number of carboxylic acids is 2. The third-order valence-corrected chi connectivity index (χ3v) is 26.6. The van der Waals surface area contributed by atoms with Crippen LogP contribution < -0.4 is 9.47 Å². The number of hydrogen-bond acceptors (Lipinski definition) is 12. The molecule has 0 atom stereocenters. The molecule has 6 fully saturated rings. The number of nitrogens with zero attached hydrogens (tertiary/aromatic N) is 10. The van der Waals surface area contributed by atoms with E-state index in [1.54, 1.807) is 23.5 Å². The number of hydrogen-bond donors (Lipinski definition) is 2. The summed E-state index contributed by atoms with van der Waals surface area (Å²) in [4.78, 5) is 28.1. The molecule has 22 heteroatoms. The zero-order valence-corrected chi connectivity index (χ0v) is 61.4. The smallest absolute Gasteiger partial charge is 0.352 e. The predicted molar refractivity (Wildman–Crippen MR) is 403 cm³/mol. The van der Waals surface area contributed by atoms with Gasteiger partial charge in [-0.15, -0.1) is 47.0 Å². The fourth-order valence-electron chi connectivity index (χ4n) is 17.1. The second-order valence-electron chi connectivity index (χ2n) is 28.3. The molecule has 0 saturated heterocycles. The van der Waals surface area contributed by atoms with E-state index in [-0.39, 0.29) is 11.1 Å². The van der Waals surface area contributed by atoms with Crippen molar-refractivity contribution < 1.29 is 29.3 Å². The van der Waals surface area contributed by atoms with E-state index in [0.29, 0.717) is 60.3 Å². The molecule has 6 aliphatic carbocycles. The SMILES string of the molecule is Cc1nn(C23CC(C2)C3)c2c1-c1c(Cl)ccc3c(c(C(=O)O)n(C)c13)CCCOc1cc(cc3ccccc13)SCc1cc(nn1C)CSC2.Cc1nn(C23CC(C2)C3)c2c1-c1c(Cl)ccc3c(c(C(=O)O)n(C)c13)CCCOc1cc(cc3ccccc13)SCc1cc(nn1C)CSC2. The summed E-state index contributed by atoms with van der Waals surface area (Å²) in [6.07, 6.45) is 9.44. The number of carbonyl (C=O) groups is 2. The molecule has 512 valence electrons. The van der Waals surface area contributed by atoms with Gasteiger partial charge in [-0.3, -0.25) is 18.7 Å². The van der Waals surface area contributed by atoms with Gasteiger partial charge in [0.05, 0.1) is 79.5 Å². The van der Waals surface area contributed by atoms with Crippen LogP contribution in [0.2, 0.25) is 10.0 Å². The van der Waals surface area contributed by atoms with Crippen molar-refractivity contribution in [2.75, 3.05) is 13.2 Å². The molecule has 6 aromatic heterocycles. The van der Waals surface area contributed by atoms with Crippen LogP contribution in [-0.4, -0.2) is 83.6 Å². The van der Waals surface area contributed by atoms with Crippen LogP contribution in [0, 0.1) is 25.7 Å². The lowest BCUT2D eigenvalue weighted by Crippen LogP contribution is -2.60. The van der Waals surface area contributed by atoms with E-state index in [9.17, 15) is 19.8 Å². The van der Waals surface area contributed by atoms with Crippen LogP contribution in [0.5, 0.6) is 11.5 Å². The summed E-state index contributed by atoms with van der Waals surface area (Å²) >= 11 is 21.6. The number of aromatic nitrogens is 10. The summed E-state index contributed by atoms with van der Waals surface area (Å²) in [5, 5.41) is 48.8. The minimum absolute atomic E-state index is 0.0820. The maximum absolute atomic E-state index is 12.9. The predicted octanol–water partition coefficient (Wildman–Crippen LogP) is 18.3. The first-order valence-corrected chi connectivity index (χ1v) is 39.5. The summed E-state index contributed by atoms with van der Waals surface area (Å²) in [7, 11) is 7.76. The summed E-state index contributed by atoms with van der Waals surface area (Å²) < 4.78 is 25.3. The van der Waals surface area contributed by atoms with E-state index in [4.69, 9.17) is 53.1 Å². The van der Waals surface area contributed by atoms with Gasteiger partial charge in [0.15, 0.2) is 0 Å². The van der Waals surface area contributed by atoms with Gasteiger partial charge in [-0.2, -0.15) is 20.4 Å². The van der Waals surface area contributed by atoms with E-state index >= 15 is 0 Å². The van der Waals surface area contributed by atoms with Crippen molar-refractivity contribution in [3.63, 3.8) is 0 Å². The topological polar surface area (TPSA) is 174 Å². The largest absolute Gasteiger partial charge is 0.493 e. The molecule has 12 aromatic rings. The first-order chi connectivity index (χ1) is 48.4. The lowest BCUT2D eigenvalue weighted by Gasteiger charge is -2.61. The van der Waals surface area contributed by atoms with Crippen molar-refractivity contribution in [1.29, 1.82) is 0 Å². The summed E-state index contributed by atoms with van der Waals surface area (Å²) in [6, 6.07) is 37.6. The third-order valence-electron chi connectivity index (χ3n) is 22.0. The molecule has 100 heavy (non-hydrogen) atoms. The highest BCUT2D eigenvalue weighted by molar-refractivity contribution is 7.99. The van der Waals surface area contributed by atoms with E-state index in [0.717, 1.165) is 179 Å². The average Bonchev–Trinajstić information content (AvgIpc) is 0.938. The van der Waals surface area contributed by atoms with Crippen LogP contribution in [-0.2, 0) is 86.6 Å².